The number of amides is 1. The molecule has 0 aliphatic carbocycles. The van der Waals surface area contributed by atoms with Gasteiger partial charge in [0, 0.05) is 12.1 Å². The molecule has 1 fully saturated rings. The van der Waals surface area contributed by atoms with Gasteiger partial charge in [0.1, 0.15) is 11.5 Å². The average molecular weight is 371 g/mol. The fraction of sp³-hybridized carbons (Fsp3) is 0.300. The second-order valence-corrected chi connectivity index (χ2v) is 6.48. The van der Waals surface area contributed by atoms with Gasteiger partial charge in [-0.15, -0.1) is 0 Å². The Kier molecular flexibility index (Phi) is 5.34. The van der Waals surface area contributed by atoms with Gasteiger partial charge in [0.25, 0.3) is 5.91 Å². The maximum atomic E-state index is 13.1. The molecule has 2 aromatic carbocycles. The number of halogens is 1. The zero-order valence-corrected chi connectivity index (χ0v) is 15.4. The van der Waals surface area contributed by atoms with Crippen LogP contribution in [0.2, 0.25) is 5.02 Å². The zero-order chi connectivity index (χ0) is 18.7. The Labute approximate surface area is 157 Å². The molecule has 3 rings (SSSR count). The fourth-order valence-corrected chi connectivity index (χ4v) is 3.54. The molecule has 0 aromatic heterocycles. The molecule has 1 heterocycles. The molecule has 0 N–H and O–H groups in total. The van der Waals surface area contributed by atoms with Crippen LogP contribution in [-0.4, -0.2) is 31.6 Å². The molecule has 134 valence electrons. The van der Waals surface area contributed by atoms with Gasteiger partial charge in [0.05, 0.1) is 42.5 Å². The van der Waals surface area contributed by atoms with E-state index in [9.17, 15) is 4.79 Å². The maximum absolute atomic E-state index is 13.1. The summed E-state index contributed by atoms with van der Waals surface area (Å²) in [6.45, 7) is 0.622. The van der Waals surface area contributed by atoms with Crippen LogP contribution >= 0.6 is 11.6 Å². The van der Waals surface area contributed by atoms with Crippen molar-refractivity contribution < 1.29 is 14.3 Å². The van der Waals surface area contributed by atoms with Crippen LogP contribution < -0.4 is 9.47 Å². The number of likely N-dealkylation sites (tertiary alicyclic amines) is 1. The van der Waals surface area contributed by atoms with E-state index in [0.29, 0.717) is 34.2 Å². The third-order valence-corrected chi connectivity index (χ3v) is 4.96. The molecule has 26 heavy (non-hydrogen) atoms. The lowest BCUT2D eigenvalue weighted by atomic mass is 10.0. The molecular formula is C20H19ClN2O3. The highest BCUT2D eigenvalue weighted by molar-refractivity contribution is 6.33. The average Bonchev–Trinajstić information content (AvgIpc) is 3.17. The van der Waals surface area contributed by atoms with Crippen LogP contribution in [0.25, 0.3) is 0 Å². The van der Waals surface area contributed by atoms with E-state index < -0.39 is 0 Å². The Bertz CT molecular complexity index is 876. The van der Waals surface area contributed by atoms with E-state index in [1.165, 1.54) is 0 Å². The molecular weight excluding hydrogens is 352 g/mol. The summed E-state index contributed by atoms with van der Waals surface area (Å²) in [5, 5.41) is 9.45. The Morgan fingerprint density at radius 1 is 1.23 bits per heavy atom. The van der Waals surface area contributed by atoms with Crippen molar-refractivity contribution >= 4 is 17.5 Å². The number of benzene rings is 2. The van der Waals surface area contributed by atoms with Crippen molar-refractivity contribution in [3.8, 4) is 17.6 Å². The number of hydrogen-bond donors (Lipinski definition) is 0. The normalized spacial score (nSPS) is 16.2. The van der Waals surface area contributed by atoms with Gasteiger partial charge in [-0.3, -0.25) is 4.79 Å². The largest absolute Gasteiger partial charge is 0.497 e. The van der Waals surface area contributed by atoms with Crippen molar-refractivity contribution in [1.82, 2.24) is 4.90 Å². The van der Waals surface area contributed by atoms with Crippen molar-refractivity contribution in [3.63, 3.8) is 0 Å². The summed E-state index contributed by atoms with van der Waals surface area (Å²) >= 11 is 6.22. The van der Waals surface area contributed by atoms with Gasteiger partial charge in [-0.25, -0.2) is 0 Å². The topological polar surface area (TPSA) is 62.6 Å². The van der Waals surface area contributed by atoms with Crippen molar-refractivity contribution in [2.75, 3.05) is 20.8 Å². The predicted molar refractivity (Wildman–Crippen MR) is 98.7 cm³/mol. The summed E-state index contributed by atoms with van der Waals surface area (Å²) in [7, 11) is 3.22. The van der Waals surface area contributed by atoms with Gasteiger partial charge in [-0.2, -0.15) is 5.26 Å². The Balaban J connectivity index is 1.99. The first kappa shape index (κ1) is 18.1. The van der Waals surface area contributed by atoms with Gasteiger partial charge in [0.2, 0.25) is 0 Å². The first-order valence-electron chi connectivity index (χ1n) is 8.31. The van der Waals surface area contributed by atoms with Crippen LogP contribution in [0.5, 0.6) is 11.5 Å². The summed E-state index contributed by atoms with van der Waals surface area (Å²) in [5.41, 5.74) is 1.66. The van der Waals surface area contributed by atoms with Crippen molar-refractivity contribution in [3.05, 3.63) is 58.1 Å². The minimum Gasteiger partial charge on any atom is -0.497 e. The molecule has 1 unspecified atom stereocenters. The van der Waals surface area contributed by atoms with Gasteiger partial charge in [-0.05, 0) is 49.2 Å². The summed E-state index contributed by atoms with van der Waals surface area (Å²) in [5.74, 6) is 1.25. The molecule has 1 aliphatic rings. The molecule has 1 amide bonds. The van der Waals surface area contributed by atoms with E-state index in [2.05, 4.69) is 6.07 Å². The van der Waals surface area contributed by atoms with Crippen molar-refractivity contribution in [2.24, 2.45) is 0 Å². The second-order valence-electron chi connectivity index (χ2n) is 6.07. The number of carbonyl (C=O) groups excluding carboxylic acids is 1. The van der Waals surface area contributed by atoms with Gasteiger partial charge in [-0.1, -0.05) is 11.6 Å². The molecule has 0 spiro atoms. The molecule has 0 saturated carbocycles. The second kappa shape index (κ2) is 7.67. The number of methoxy groups -OCH3 is 2. The zero-order valence-electron chi connectivity index (χ0n) is 14.7. The van der Waals surface area contributed by atoms with Gasteiger partial charge in [0.15, 0.2) is 0 Å². The third-order valence-electron chi connectivity index (χ3n) is 4.64. The first-order chi connectivity index (χ1) is 12.6. The van der Waals surface area contributed by atoms with Crippen molar-refractivity contribution in [1.29, 1.82) is 5.26 Å². The van der Waals surface area contributed by atoms with Gasteiger partial charge < -0.3 is 14.4 Å². The van der Waals surface area contributed by atoms with Crippen LogP contribution in [0.3, 0.4) is 0 Å². The van der Waals surface area contributed by atoms with E-state index >= 15 is 0 Å². The van der Waals surface area contributed by atoms with Crippen LogP contribution in [0.4, 0.5) is 0 Å². The van der Waals surface area contributed by atoms with Crippen LogP contribution in [-0.2, 0) is 0 Å². The Morgan fingerprint density at radius 3 is 2.73 bits per heavy atom. The van der Waals surface area contributed by atoms with Crippen molar-refractivity contribution in [2.45, 2.75) is 18.9 Å². The molecule has 6 heteroatoms. The lowest BCUT2D eigenvalue weighted by Crippen LogP contribution is -2.31. The number of hydrogen-bond acceptors (Lipinski definition) is 4. The number of ether oxygens (including phenoxy) is 2. The lowest BCUT2D eigenvalue weighted by Gasteiger charge is -2.27. The first-order valence-corrected chi connectivity index (χ1v) is 8.69. The van der Waals surface area contributed by atoms with E-state index in [1.807, 2.05) is 18.2 Å². The Morgan fingerprint density at radius 2 is 2.04 bits per heavy atom. The molecule has 1 atom stereocenters. The van der Waals surface area contributed by atoms with E-state index in [0.717, 1.165) is 18.4 Å². The molecule has 1 saturated heterocycles. The summed E-state index contributed by atoms with van der Waals surface area (Å²) in [6, 6.07) is 12.2. The lowest BCUT2D eigenvalue weighted by molar-refractivity contribution is 0.0734. The predicted octanol–water partition coefficient (Wildman–Crippen LogP) is 4.21. The quantitative estimate of drug-likeness (QED) is 0.808. The van der Waals surface area contributed by atoms with Crippen LogP contribution in [0, 0.1) is 11.3 Å². The van der Waals surface area contributed by atoms with E-state index in [-0.39, 0.29) is 11.9 Å². The number of nitrogens with zero attached hydrogens (tertiary/aromatic N) is 2. The van der Waals surface area contributed by atoms with E-state index in [4.69, 9.17) is 26.3 Å². The Hall–Kier alpha value is -2.71. The van der Waals surface area contributed by atoms with Crippen LogP contribution in [0.1, 0.15) is 40.4 Å². The highest BCUT2D eigenvalue weighted by Gasteiger charge is 2.33. The van der Waals surface area contributed by atoms with Crippen LogP contribution in [0.15, 0.2) is 36.4 Å². The number of nitriles is 1. The number of rotatable bonds is 4. The molecule has 0 bridgehead atoms. The standard InChI is InChI=1S/C20H19ClN2O3/c1-25-14-6-8-19(26-2)16(11-14)18-4-3-9-23(18)20(24)15-10-13(12-22)5-7-17(15)21/h5-8,10-11,18H,3-4,9H2,1-2H3. The third kappa shape index (κ3) is 3.33. The van der Waals surface area contributed by atoms with Gasteiger partial charge >= 0.3 is 0 Å². The monoisotopic (exact) mass is 370 g/mol. The highest BCUT2D eigenvalue weighted by atomic mass is 35.5. The highest BCUT2D eigenvalue weighted by Crippen LogP contribution is 2.40. The smallest absolute Gasteiger partial charge is 0.255 e. The fourth-order valence-electron chi connectivity index (χ4n) is 3.35. The minimum atomic E-state index is -0.181. The summed E-state index contributed by atoms with van der Waals surface area (Å²) in [6.07, 6.45) is 1.71. The SMILES string of the molecule is COc1ccc(OC)c(C2CCCN2C(=O)c2cc(C#N)ccc2Cl)c1. The minimum absolute atomic E-state index is 0.130. The molecule has 2 aromatic rings. The maximum Gasteiger partial charge on any atom is 0.255 e. The molecule has 1 aliphatic heterocycles. The summed E-state index contributed by atoms with van der Waals surface area (Å²) in [4.78, 5) is 14.9. The van der Waals surface area contributed by atoms with E-state index in [1.54, 1.807) is 37.3 Å². The molecule has 5 nitrogen and oxygen atoms in total. The molecule has 0 radical (unpaired) electrons. The number of carbonyl (C=O) groups is 1. The summed E-state index contributed by atoms with van der Waals surface area (Å²) < 4.78 is 10.8.